The van der Waals surface area contributed by atoms with E-state index in [0.29, 0.717) is 16.9 Å². The number of methoxy groups -OCH3 is 1. The van der Waals surface area contributed by atoms with Gasteiger partial charge in [0.15, 0.2) is 0 Å². The summed E-state index contributed by atoms with van der Waals surface area (Å²) < 4.78 is 16.7. The molecule has 0 bridgehead atoms. The fourth-order valence-corrected chi connectivity index (χ4v) is 4.43. The summed E-state index contributed by atoms with van der Waals surface area (Å²) in [5, 5.41) is 52.3. The van der Waals surface area contributed by atoms with E-state index in [1.165, 1.54) is 6.26 Å². The van der Waals surface area contributed by atoms with E-state index < -0.39 is 42.5 Å². The average molecular weight is 487 g/mol. The molecule has 1 saturated heterocycles. The zero-order valence-electron chi connectivity index (χ0n) is 19.9. The molecule has 5 N–H and O–H groups in total. The minimum atomic E-state index is -1.66. The number of phenolic OH excluding ortho intramolecular Hbond substituents is 1. The first-order valence-electron chi connectivity index (χ1n) is 11.3. The predicted molar refractivity (Wildman–Crippen MR) is 128 cm³/mol. The predicted octanol–water partition coefficient (Wildman–Crippen LogP) is 1.99. The standard InChI is InChI=1S/C26H30O9/c1-26(2,3)16-9-14-19(28)15(12-5-7-13(33-4)8-6-12)11-34-24(14)18(20(16)29)25-23(32)22(31)21(30)17(10-27)35-25/h5-9,11,17,21-23,25,27,29-32H,10H2,1-4H3/t17-,21-,22+,23-,25+/m1/s1. The van der Waals surface area contributed by atoms with Gasteiger partial charge in [0.2, 0.25) is 5.43 Å². The van der Waals surface area contributed by atoms with Gasteiger partial charge in [-0.15, -0.1) is 0 Å². The summed E-state index contributed by atoms with van der Waals surface area (Å²) in [6, 6.07) is 8.43. The fraction of sp³-hybridized carbons (Fsp3) is 0.423. The van der Waals surface area contributed by atoms with Gasteiger partial charge in [-0.2, -0.15) is 0 Å². The maximum absolute atomic E-state index is 13.6. The number of aliphatic hydroxyl groups excluding tert-OH is 4. The van der Waals surface area contributed by atoms with Crippen LogP contribution < -0.4 is 10.2 Å². The van der Waals surface area contributed by atoms with Crippen LogP contribution in [0, 0.1) is 0 Å². The number of aromatic hydroxyl groups is 1. The fourth-order valence-electron chi connectivity index (χ4n) is 4.43. The number of ether oxygens (including phenoxy) is 2. The highest BCUT2D eigenvalue weighted by Crippen LogP contribution is 2.45. The molecule has 2 heterocycles. The van der Waals surface area contributed by atoms with Crippen molar-refractivity contribution in [3.63, 3.8) is 0 Å². The maximum Gasteiger partial charge on any atom is 0.200 e. The summed E-state index contributed by atoms with van der Waals surface area (Å²) in [6.45, 7) is 4.91. The number of benzene rings is 2. The maximum atomic E-state index is 13.6. The largest absolute Gasteiger partial charge is 0.507 e. The third-order valence-electron chi connectivity index (χ3n) is 6.46. The second-order valence-corrected chi connectivity index (χ2v) is 9.77. The van der Waals surface area contributed by atoms with Gasteiger partial charge >= 0.3 is 0 Å². The highest BCUT2D eigenvalue weighted by Gasteiger charge is 2.46. The lowest BCUT2D eigenvalue weighted by molar-refractivity contribution is -0.231. The summed E-state index contributed by atoms with van der Waals surface area (Å²) in [4.78, 5) is 13.6. The topological polar surface area (TPSA) is 150 Å². The molecule has 2 aromatic carbocycles. The molecule has 0 radical (unpaired) electrons. The Hall–Kier alpha value is -2.95. The van der Waals surface area contributed by atoms with Gasteiger partial charge in [-0.05, 0) is 29.2 Å². The van der Waals surface area contributed by atoms with Gasteiger partial charge < -0.3 is 39.4 Å². The first-order valence-corrected chi connectivity index (χ1v) is 11.3. The molecule has 9 heteroatoms. The van der Waals surface area contributed by atoms with Crippen LogP contribution in [0.4, 0.5) is 0 Å². The van der Waals surface area contributed by atoms with E-state index in [4.69, 9.17) is 13.9 Å². The number of aliphatic hydroxyl groups is 4. The second-order valence-electron chi connectivity index (χ2n) is 9.77. The molecular weight excluding hydrogens is 456 g/mol. The number of hydrogen-bond donors (Lipinski definition) is 5. The Kier molecular flexibility index (Phi) is 6.65. The van der Waals surface area contributed by atoms with Gasteiger partial charge in [-0.25, -0.2) is 0 Å². The zero-order chi connectivity index (χ0) is 25.7. The van der Waals surface area contributed by atoms with Crippen LogP contribution in [0.1, 0.15) is 38.0 Å². The molecule has 9 nitrogen and oxygen atoms in total. The van der Waals surface area contributed by atoms with Gasteiger partial charge in [0.05, 0.1) is 30.2 Å². The molecule has 0 aliphatic carbocycles. The Morgan fingerprint density at radius 1 is 1.03 bits per heavy atom. The minimum Gasteiger partial charge on any atom is -0.507 e. The molecule has 1 fully saturated rings. The molecular formula is C26H30O9. The molecule has 3 aromatic rings. The zero-order valence-corrected chi connectivity index (χ0v) is 19.9. The summed E-state index contributed by atoms with van der Waals surface area (Å²) in [6.07, 6.45) is -6.22. The summed E-state index contributed by atoms with van der Waals surface area (Å²) in [5.41, 5.74) is 0.226. The van der Waals surface area contributed by atoms with E-state index >= 15 is 0 Å². The van der Waals surface area contributed by atoms with Crippen molar-refractivity contribution in [2.24, 2.45) is 0 Å². The lowest BCUT2D eigenvalue weighted by atomic mass is 9.81. The molecule has 1 aliphatic heterocycles. The van der Waals surface area contributed by atoms with E-state index in [2.05, 4.69) is 0 Å². The molecule has 0 spiro atoms. The van der Waals surface area contributed by atoms with E-state index in [-0.39, 0.29) is 33.3 Å². The number of fused-ring (bicyclic) bond motifs is 1. The normalized spacial score (nSPS) is 25.1. The third-order valence-corrected chi connectivity index (χ3v) is 6.46. The molecule has 1 aliphatic rings. The van der Waals surface area contributed by atoms with E-state index in [0.717, 1.165) is 0 Å². The summed E-state index contributed by atoms with van der Waals surface area (Å²) in [5.74, 6) is 0.360. The Balaban J connectivity index is 1.99. The Morgan fingerprint density at radius 3 is 2.26 bits per heavy atom. The molecule has 188 valence electrons. The lowest BCUT2D eigenvalue weighted by Gasteiger charge is -2.40. The summed E-state index contributed by atoms with van der Waals surface area (Å²) >= 11 is 0. The van der Waals surface area contributed by atoms with Crippen molar-refractivity contribution in [2.45, 2.75) is 56.7 Å². The molecule has 35 heavy (non-hydrogen) atoms. The molecule has 0 amide bonds. The number of rotatable bonds is 4. The van der Waals surface area contributed by atoms with Crippen molar-refractivity contribution >= 4 is 11.0 Å². The molecule has 4 rings (SSSR count). The van der Waals surface area contributed by atoms with Crippen molar-refractivity contribution in [3.8, 4) is 22.6 Å². The Bertz CT molecular complexity index is 1270. The second kappa shape index (κ2) is 9.25. The van der Waals surface area contributed by atoms with Crippen LogP contribution in [0.3, 0.4) is 0 Å². The summed E-state index contributed by atoms with van der Waals surface area (Å²) in [7, 11) is 1.54. The van der Waals surface area contributed by atoms with Crippen LogP contribution >= 0.6 is 0 Å². The van der Waals surface area contributed by atoms with Gasteiger partial charge in [0.1, 0.15) is 53.9 Å². The van der Waals surface area contributed by atoms with E-state index in [1.54, 1.807) is 37.4 Å². The van der Waals surface area contributed by atoms with Crippen molar-refractivity contribution in [1.29, 1.82) is 0 Å². The van der Waals surface area contributed by atoms with Crippen molar-refractivity contribution < 1.29 is 39.4 Å². The average Bonchev–Trinajstić information content (AvgIpc) is 2.83. The molecule has 0 saturated carbocycles. The Labute approximate surface area is 201 Å². The van der Waals surface area contributed by atoms with Crippen LogP contribution in [0.15, 0.2) is 45.8 Å². The first kappa shape index (κ1) is 25.2. The van der Waals surface area contributed by atoms with Gasteiger partial charge in [0.25, 0.3) is 0 Å². The monoisotopic (exact) mass is 486 g/mol. The SMILES string of the molecule is COc1ccc(-c2coc3c([C@@H]4O[C@H](CO)[C@@H](O)[C@H](O)[C@H]4O)c(O)c(C(C)(C)C)cc3c2=O)cc1. The Morgan fingerprint density at radius 2 is 1.69 bits per heavy atom. The van der Waals surface area contributed by atoms with Crippen LogP contribution in [0.25, 0.3) is 22.1 Å². The molecule has 5 atom stereocenters. The third kappa shape index (κ3) is 4.30. The first-order chi connectivity index (χ1) is 16.5. The lowest BCUT2D eigenvalue weighted by Crippen LogP contribution is -2.55. The van der Waals surface area contributed by atoms with Crippen molar-refractivity contribution in [1.82, 2.24) is 0 Å². The van der Waals surface area contributed by atoms with Gasteiger partial charge in [-0.3, -0.25) is 4.79 Å². The quantitative estimate of drug-likeness (QED) is 0.373. The number of hydrogen-bond acceptors (Lipinski definition) is 9. The molecule has 1 aromatic heterocycles. The van der Waals surface area contributed by atoms with Gasteiger partial charge in [-0.1, -0.05) is 32.9 Å². The van der Waals surface area contributed by atoms with Crippen LogP contribution in [-0.4, -0.2) is 63.7 Å². The van der Waals surface area contributed by atoms with Crippen LogP contribution in [0.2, 0.25) is 0 Å². The van der Waals surface area contributed by atoms with E-state index in [1.807, 2.05) is 20.8 Å². The highest BCUT2D eigenvalue weighted by atomic mass is 16.5. The van der Waals surface area contributed by atoms with Crippen LogP contribution in [0.5, 0.6) is 11.5 Å². The number of phenols is 1. The molecule has 0 unspecified atom stereocenters. The van der Waals surface area contributed by atoms with Crippen LogP contribution in [-0.2, 0) is 10.2 Å². The van der Waals surface area contributed by atoms with E-state index in [9.17, 15) is 30.3 Å². The van der Waals surface area contributed by atoms with Gasteiger partial charge in [0, 0.05) is 5.56 Å². The smallest absolute Gasteiger partial charge is 0.200 e. The highest BCUT2D eigenvalue weighted by molar-refractivity contribution is 5.87. The van der Waals surface area contributed by atoms with Crippen molar-refractivity contribution in [3.05, 3.63) is 57.9 Å². The van der Waals surface area contributed by atoms with Crippen molar-refractivity contribution in [2.75, 3.05) is 13.7 Å². The minimum absolute atomic E-state index is 0.0258.